The van der Waals surface area contributed by atoms with Crippen molar-refractivity contribution < 1.29 is 9.53 Å². The fourth-order valence-electron chi connectivity index (χ4n) is 1.18. The van der Waals surface area contributed by atoms with Crippen molar-refractivity contribution in [1.29, 1.82) is 0 Å². The quantitative estimate of drug-likeness (QED) is 0.392. The van der Waals surface area contributed by atoms with Crippen molar-refractivity contribution in [3.05, 3.63) is 0 Å². The van der Waals surface area contributed by atoms with Crippen molar-refractivity contribution in [3.63, 3.8) is 0 Å². The molecule has 0 aliphatic carbocycles. The SMILES string of the molecule is CC(C)CCCCC#CCOC(=O)C(C)C. The Morgan fingerprint density at radius 2 is 1.81 bits per heavy atom. The molecule has 0 saturated carbocycles. The third-order valence-corrected chi connectivity index (χ3v) is 2.22. The summed E-state index contributed by atoms with van der Waals surface area (Å²) in [5.74, 6) is 6.44. The standard InChI is InChI=1S/C14H24O2/c1-12(2)10-8-6-5-7-9-11-16-14(15)13(3)4/h12-13H,5-6,8,10-11H2,1-4H3. The average molecular weight is 224 g/mol. The van der Waals surface area contributed by atoms with E-state index in [1.54, 1.807) is 0 Å². The number of unbranched alkanes of at least 4 members (excludes halogenated alkanes) is 2. The van der Waals surface area contributed by atoms with Crippen LogP contribution in [0.2, 0.25) is 0 Å². The van der Waals surface area contributed by atoms with Gasteiger partial charge in [0, 0.05) is 6.42 Å². The molecule has 0 bridgehead atoms. The molecular formula is C14H24O2. The first-order valence-corrected chi connectivity index (χ1v) is 6.16. The smallest absolute Gasteiger partial charge is 0.309 e. The predicted molar refractivity (Wildman–Crippen MR) is 66.9 cm³/mol. The second kappa shape index (κ2) is 9.27. The van der Waals surface area contributed by atoms with Crippen LogP contribution in [0.4, 0.5) is 0 Å². The molecule has 2 nitrogen and oxygen atoms in total. The average Bonchev–Trinajstić information content (AvgIpc) is 2.21. The summed E-state index contributed by atoms with van der Waals surface area (Å²) in [5.41, 5.74) is 0. The lowest BCUT2D eigenvalue weighted by atomic mass is 10.1. The summed E-state index contributed by atoms with van der Waals surface area (Å²) in [6.45, 7) is 8.35. The Morgan fingerprint density at radius 3 is 2.38 bits per heavy atom. The van der Waals surface area contributed by atoms with Crippen LogP contribution >= 0.6 is 0 Å². The van der Waals surface area contributed by atoms with Crippen LogP contribution in [0, 0.1) is 23.7 Å². The molecule has 0 atom stereocenters. The molecular weight excluding hydrogens is 200 g/mol. The molecule has 92 valence electrons. The molecule has 2 heteroatoms. The number of ether oxygens (including phenoxy) is 1. The summed E-state index contributed by atoms with van der Waals surface area (Å²) in [7, 11) is 0. The van der Waals surface area contributed by atoms with Gasteiger partial charge in [-0.15, -0.1) is 0 Å². The zero-order valence-electron chi connectivity index (χ0n) is 11.0. The third kappa shape index (κ3) is 9.58. The van der Waals surface area contributed by atoms with E-state index in [9.17, 15) is 4.79 Å². The number of hydrogen-bond acceptors (Lipinski definition) is 2. The fourth-order valence-corrected chi connectivity index (χ4v) is 1.18. The molecule has 0 fully saturated rings. The van der Waals surface area contributed by atoms with Crippen LogP contribution < -0.4 is 0 Å². The van der Waals surface area contributed by atoms with Gasteiger partial charge in [0.2, 0.25) is 0 Å². The molecule has 0 saturated heterocycles. The lowest BCUT2D eigenvalue weighted by molar-refractivity contribution is -0.145. The van der Waals surface area contributed by atoms with Gasteiger partial charge in [-0.1, -0.05) is 52.4 Å². The number of rotatable bonds is 6. The van der Waals surface area contributed by atoms with Crippen LogP contribution in [0.3, 0.4) is 0 Å². The Morgan fingerprint density at radius 1 is 1.12 bits per heavy atom. The maximum absolute atomic E-state index is 11.1. The minimum absolute atomic E-state index is 0.0622. The van der Waals surface area contributed by atoms with Gasteiger partial charge in [-0.25, -0.2) is 0 Å². The maximum Gasteiger partial charge on any atom is 0.309 e. The molecule has 0 radical (unpaired) electrons. The summed E-state index contributed by atoms with van der Waals surface area (Å²) in [5, 5.41) is 0. The normalized spacial score (nSPS) is 10.1. The van der Waals surface area contributed by atoms with Crippen molar-refractivity contribution in [2.24, 2.45) is 11.8 Å². The fraction of sp³-hybridized carbons (Fsp3) is 0.786. The number of esters is 1. The molecule has 0 aliphatic rings. The number of carbonyl (C=O) groups excluding carboxylic acids is 1. The van der Waals surface area contributed by atoms with Gasteiger partial charge in [0.15, 0.2) is 6.61 Å². The first-order valence-electron chi connectivity index (χ1n) is 6.16. The van der Waals surface area contributed by atoms with E-state index < -0.39 is 0 Å². The number of hydrogen-bond donors (Lipinski definition) is 0. The molecule has 0 unspecified atom stereocenters. The molecule has 0 spiro atoms. The van der Waals surface area contributed by atoms with E-state index >= 15 is 0 Å². The largest absolute Gasteiger partial charge is 0.452 e. The van der Waals surface area contributed by atoms with Crippen molar-refractivity contribution in [1.82, 2.24) is 0 Å². The highest BCUT2D eigenvalue weighted by Gasteiger charge is 2.05. The summed E-state index contributed by atoms with van der Waals surface area (Å²) >= 11 is 0. The van der Waals surface area contributed by atoms with Crippen molar-refractivity contribution in [2.75, 3.05) is 6.61 Å². The van der Waals surface area contributed by atoms with Crippen molar-refractivity contribution >= 4 is 5.97 Å². The predicted octanol–water partition coefficient (Wildman–Crippen LogP) is 3.41. The van der Waals surface area contributed by atoms with E-state index in [1.165, 1.54) is 12.8 Å². The Kier molecular flexibility index (Phi) is 8.71. The van der Waals surface area contributed by atoms with Crippen LogP contribution in [0.1, 0.15) is 53.4 Å². The zero-order valence-corrected chi connectivity index (χ0v) is 11.0. The first kappa shape index (κ1) is 15.0. The second-order valence-electron chi connectivity index (χ2n) is 4.76. The van der Waals surface area contributed by atoms with E-state index in [0.717, 1.165) is 18.8 Å². The Labute approximate surface area is 99.8 Å². The lowest BCUT2D eigenvalue weighted by Gasteiger charge is -2.02. The van der Waals surface area contributed by atoms with E-state index in [-0.39, 0.29) is 18.5 Å². The van der Waals surface area contributed by atoms with Crippen molar-refractivity contribution in [2.45, 2.75) is 53.4 Å². The minimum atomic E-state index is -0.172. The molecule has 0 aromatic heterocycles. The third-order valence-electron chi connectivity index (χ3n) is 2.22. The summed E-state index contributed by atoms with van der Waals surface area (Å²) in [6.07, 6.45) is 4.55. The van der Waals surface area contributed by atoms with Gasteiger partial charge in [-0.3, -0.25) is 4.79 Å². The topological polar surface area (TPSA) is 26.3 Å². The van der Waals surface area contributed by atoms with Crippen LogP contribution in [-0.2, 0) is 9.53 Å². The van der Waals surface area contributed by atoms with Crippen LogP contribution in [0.15, 0.2) is 0 Å². The molecule has 16 heavy (non-hydrogen) atoms. The Balaban J connectivity index is 3.39. The lowest BCUT2D eigenvalue weighted by Crippen LogP contribution is -2.11. The van der Waals surface area contributed by atoms with Crippen LogP contribution in [-0.4, -0.2) is 12.6 Å². The molecule has 0 aromatic rings. The highest BCUT2D eigenvalue weighted by molar-refractivity contribution is 5.71. The van der Waals surface area contributed by atoms with Gasteiger partial charge in [0.25, 0.3) is 0 Å². The molecule has 0 rings (SSSR count). The second-order valence-corrected chi connectivity index (χ2v) is 4.76. The van der Waals surface area contributed by atoms with Gasteiger partial charge < -0.3 is 4.74 Å². The van der Waals surface area contributed by atoms with E-state index in [1.807, 2.05) is 13.8 Å². The number of carbonyl (C=O) groups is 1. The van der Waals surface area contributed by atoms with Gasteiger partial charge in [0.1, 0.15) is 0 Å². The van der Waals surface area contributed by atoms with Crippen LogP contribution in [0.25, 0.3) is 0 Å². The molecule has 0 aliphatic heterocycles. The Hall–Kier alpha value is -0.970. The molecule has 0 heterocycles. The zero-order chi connectivity index (χ0) is 12.4. The summed E-state index contributed by atoms with van der Waals surface area (Å²) < 4.78 is 4.94. The van der Waals surface area contributed by atoms with Gasteiger partial charge in [-0.2, -0.15) is 0 Å². The monoisotopic (exact) mass is 224 g/mol. The van der Waals surface area contributed by atoms with E-state index in [0.29, 0.717) is 0 Å². The maximum atomic E-state index is 11.1. The highest BCUT2D eigenvalue weighted by Crippen LogP contribution is 2.07. The van der Waals surface area contributed by atoms with Gasteiger partial charge >= 0.3 is 5.97 Å². The molecule has 0 N–H and O–H groups in total. The molecule has 0 amide bonds. The van der Waals surface area contributed by atoms with Gasteiger partial charge in [-0.05, 0) is 12.3 Å². The molecule has 0 aromatic carbocycles. The Bertz CT molecular complexity index is 243. The van der Waals surface area contributed by atoms with E-state index in [4.69, 9.17) is 4.74 Å². The minimum Gasteiger partial charge on any atom is -0.452 e. The van der Waals surface area contributed by atoms with Crippen molar-refractivity contribution in [3.8, 4) is 11.8 Å². The van der Waals surface area contributed by atoms with E-state index in [2.05, 4.69) is 25.7 Å². The first-order chi connectivity index (χ1) is 7.54. The van der Waals surface area contributed by atoms with Crippen LogP contribution in [0.5, 0.6) is 0 Å². The summed E-state index contributed by atoms with van der Waals surface area (Å²) in [4.78, 5) is 11.1. The van der Waals surface area contributed by atoms with Gasteiger partial charge in [0.05, 0.1) is 5.92 Å². The summed E-state index contributed by atoms with van der Waals surface area (Å²) in [6, 6.07) is 0. The highest BCUT2D eigenvalue weighted by atomic mass is 16.5.